The molecule has 1 fully saturated rings. The number of carbonyl (C=O) groups excluding carboxylic acids is 1. The van der Waals surface area contributed by atoms with Gasteiger partial charge in [0.2, 0.25) is 5.95 Å². The molecule has 0 aromatic carbocycles. The van der Waals surface area contributed by atoms with Crippen molar-refractivity contribution in [3.63, 3.8) is 0 Å². The number of piperidine rings is 1. The van der Waals surface area contributed by atoms with Crippen LogP contribution in [0.3, 0.4) is 0 Å². The molecule has 28 heavy (non-hydrogen) atoms. The topological polar surface area (TPSA) is 97.0 Å². The Balaban J connectivity index is 1.42. The number of amides is 1. The van der Waals surface area contributed by atoms with Crippen LogP contribution >= 0.6 is 0 Å². The zero-order chi connectivity index (χ0) is 19.1. The predicted molar refractivity (Wildman–Crippen MR) is 103 cm³/mol. The third kappa shape index (κ3) is 2.89. The first-order valence-electron chi connectivity index (χ1n) is 9.81. The van der Waals surface area contributed by atoms with Gasteiger partial charge in [-0.05, 0) is 50.7 Å². The Morgan fingerprint density at radius 2 is 2.11 bits per heavy atom. The SMILES string of the molecule is Cc1noc2nc3c(c(C(=O)N[C@@H]4CCCN(c5ncccn5)C4)c12)CCC3. The van der Waals surface area contributed by atoms with Crippen LogP contribution in [-0.4, -0.2) is 45.1 Å². The zero-order valence-corrected chi connectivity index (χ0v) is 15.8. The monoisotopic (exact) mass is 378 g/mol. The van der Waals surface area contributed by atoms with Crippen LogP contribution in [0.1, 0.15) is 46.6 Å². The maximum absolute atomic E-state index is 13.3. The van der Waals surface area contributed by atoms with Crippen molar-refractivity contribution in [2.75, 3.05) is 18.0 Å². The van der Waals surface area contributed by atoms with Crippen molar-refractivity contribution in [2.24, 2.45) is 0 Å². The second kappa shape index (κ2) is 6.85. The standard InChI is InChI=1S/C20H22N6O2/c1-12-16-17(14-6-2-7-15(14)24-19(16)28-25-12)18(27)23-13-5-3-10-26(11-13)20-21-8-4-9-22-20/h4,8-9,13H,2-3,5-7,10-11H2,1H3,(H,23,27)/t13-/m1/s1. The molecule has 0 bridgehead atoms. The van der Waals surface area contributed by atoms with E-state index in [1.807, 2.05) is 13.0 Å². The molecular weight excluding hydrogens is 356 g/mol. The van der Waals surface area contributed by atoms with E-state index in [1.165, 1.54) is 0 Å². The van der Waals surface area contributed by atoms with Crippen LogP contribution in [0.25, 0.3) is 11.1 Å². The van der Waals surface area contributed by atoms with Gasteiger partial charge in [-0.25, -0.2) is 15.0 Å². The number of aryl methyl sites for hydroxylation is 2. The summed E-state index contributed by atoms with van der Waals surface area (Å²) in [5.74, 6) is 0.654. The van der Waals surface area contributed by atoms with Gasteiger partial charge in [-0.2, -0.15) is 0 Å². The van der Waals surface area contributed by atoms with Crippen LogP contribution < -0.4 is 10.2 Å². The number of aromatic nitrogens is 4. The van der Waals surface area contributed by atoms with Gasteiger partial charge < -0.3 is 14.7 Å². The van der Waals surface area contributed by atoms with Gasteiger partial charge in [-0.15, -0.1) is 0 Å². The second-order valence-corrected chi connectivity index (χ2v) is 7.52. The summed E-state index contributed by atoms with van der Waals surface area (Å²) in [6.45, 7) is 3.46. The second-order valence-electron chi connectivity index (χ2n) is 7.52. The first kappa shape index (κ1) is 17.1. The number of anilines is 1. The highest BCUT2D eigenvalue weighted by Gasteiger charge is 2.29. The van der Waals surface area contributed by atoms with Gasteiger partial charge in [0.15, 0.2) is 0 Å². The number of rotatable bonds is 3. The minimum absolute atomic E-state index is 0.0468. The maximum Gasteiger partial charge on any atom is 0.259 e. The van der Waals surface area contributed by atoms with E-state index in [0.717, 1.165) is 55.3 Å². The van der Waals surface area contributed by atoms with Crippen molar-refractivity contribution in [1.29, 1.82) is 0 Å². The number of carbonyl (C=O) groups is 1. The Morgan fingerprint density at radius 1 is 1.25 bits per heavy atom. The van der Waals surface area contributed by atoms with Gasteiger partial charge in [0.1, 0.15) is 0 Å². The highest BCUT2D eigenvalue weighted by molar-refractivity contribution is 6.07. The number of fused-ring (bicyclic) bond motifs is 2. The molecule has 1 N–H and O–H groups in total. The number of nitrogens with zero attached hydrogens (tertiary/aromatic N) is 5. The fraction of sp³-hybridized carbons (Fsp3) is 0.450. The van der Waals surface area contributed by atoms with E-state index >= 15 is 0 Å². The molecule has 1 aliphatic carbocycles. The molecule has 1 atom stereocenters. The molecule has 0 unspecified atom stereocenters. The van der Waals surface area contributed by atoms with Gasteiger partial charge in [0.25, 0.3) is 11.6 Å². The lowest BCUT2D eigenvalue weighted by Crippen LogP contribution is -2.48. The Labute approximate surface area is 162 Å². The Bertz CT molecular complexity index is 1030. The molecule has 4 heterocycles. The first-order valence-corrected chi connectivity index (χ1v) is 9.81. The summed E-state index contributed by atoms with van der Waals surface area (Å²) in [5.41, 5.74) is 3.90. The lowest BCUT2D eigenvalue weighted by molar-refractivity contribution is 0.0933. The average molecular weight is 378 g/mol. The summed E-state index contributed by atoms with van der Waals surface area (Å²) in [6, 6.07) is 1.86. The number of hydrogen-bond donors (Lipinski definition) is 1. The van der Waals surface area contributed by atoms with Crippen molar-refractivity contribution >= 4 is 23.0 Å². The van der Waals surface area contributed by atoms with E-state index in [1.54, 1.807) is 12.4 Å². The van der Waals surface area contributed by atoms with E-state index in [4.69, 9.17) is 4.52 Å². The van der Waals surface area contributed by atoms with Gasteiger partial charge in [0.05, 0.1) is 16.6 Å². The molecule has 0 spiro atoms. The summed E-state index contributed by atoms with van der Waals surface area (Å²) < 4.78 is 5.36. The smallest absolute Gasteiger partial charge is 0.259 e. The van der Waals surface area contributed by atoms with E-state index in [0.29, 0.717) is 29.5 Å². The summed E-state index contributed by atoms with van der Waals surface area (Å²) in [4.78, 5) is 28.7. The van der Waals surface area contributed by atoms with Crippen molar-refractivity contribution in [1.82, 2.24) is 25.4 Å². The van der Waals surface area contributed by atoms with Crippen molar-refractivity contribution < 1.29 is 9.32 Å². The van der Waals surface area contributed by atoms with Gasteiger partial charge in [0, 0.05) is 37.2 Å². The van der Waals surface area contributed by atoms with Crippen LogP contribution in [0.15, 0.2) is 23.0 Å². The highest BCUT2D eigenvalue weighted by atomic mass is 16.5. The normalized spacial score (nSPS) is 19.0. The molecule has 8 heteroatoms. The molecule has 3 aromatic heterocycles. The molecule has 2 aliphatic rings. The number of hydrogen-bond acceptors (Lipinski definition) is 7. The minimum atomic E-state index is -0.0577. The largest absolute Gasteiger partial charge is 0.347 e. The number of pyridine rings is 1. The molecule has 144 valence electrons. The Hall–Kier alpha value is -3.03. The molecule has 5 rings (SSSR count). The molecule has 0 radical (unpaired) electrons. The van der Waals surface area contributed by atoms with Gasteiger partial charge >= 0.3 is 0 Å². The van der Waals surface area contributed by atoms with Gasteiger partial charge in [-0.1, -0.05) is 5.16 Å². The quantitative estimate of drug-likeness (QED) is 0.746. The van der Waals surface area contributed by atoms with Crippen molar-refractivity contribution in [3.05, 3.63) is 41.0 Å². The summed E-state index contributed by atoms with van der Waals surface area (Å²) >= 11 is 0. The molecule has 8 nitrogen and oxygen atoms in total. The summed E-state index contributed by atoms with van der Waals surface area (Å²) in [5, 5.41) is 8.02. The lowest BCUT2D eigenvalue weighted by atomic mass is 10.0. The van der Waals surface area contributed by atoms with E-state index in [-0.39, 0.29) is 11.9 Å². The zero-order valence-electron chi connectivity index (χ0n) is 15.8. The van der Waals surface area contributed by atoms with E-state index in [2.05, 4.69) is 30.3 Å². The van der Waals surface area contributed by atoms with Gasteiger partial charge in [-0.3, -0.25) is 4.79 Å². The first-order chi connectivity index (χ1) is 13.7. The Morgan fingerprint density at radius 3 is 2.96 bits per heavy atom. The summed E-state index contributed by atoms with van der Waals surface area (Å²) in [7, 11) is 0. The molecule has 1 saturated heterocycles. The third-order valence-electron chi connectivity index (χ3n) is 5.64. The van der Waals surface area contributed by atoms with Crippen LogP contribution in [-0.2, 0) is 12.8 Å². The highest BCUT2D eigenvalue weighted by Crippen LogP contribution is 2.31. The van der Waals surface area contributed by atoms with Crippen molar-refractivity contribution in [2.45, 2.75) is 45.1 Å². The van der Waals surface area contributed by atoms with Crippen molar-refractivity contribution in [3.8, 4) is 0 Å². The molecule has 3 aromatic rings. The van der Waals surface area contributed by atoms with Crippen LogP contribution in [0.2, 0.25) is 0 Å². The van der Waals surface area contributed by atoms with Crippen LogP contribution in [0, 0.1) is 6.92 Å². The molecular formula is C20H22N6O2. The average Bonchev–Trinajstić information content (AvgIpc) is 3.34. The van der Waals surface area contributed by atoms with E-state index < -0.39 is 0 Å². The Kier molecular flexibility index (Phi) is 4.18. The molecule has 0 saturated carbocycles. The maximum atomic E-state index is 13.3. The lowest BCUT2D eigenvalue weighted by Gasteiger charge is -2.33. The third-order valence-corrected chi connectivity index (χ3v) is 5.64. The molecule has 1 amide bonds. The minimum Gasteiger partial charge on any atom is -0.347 e. The number of nitrogens with one attached hydrogen (secondary N) is 1. The van der Waals surface area contributed by atoms with Crippen LogP contribution in [0.5, 0.6) is 0 Å². The molecule has 1 aliphatic heterocycles. The van der Waals surface area contributed by atoms with Crippen LogP contribution in [0.4, 0.5) is 5.95 Å². The fourth-order valence-electron chi connectivity index (χ4n) is 4.36. The predicted octanol–water partition coefficient (Wildman–Crippen LogP) is 2.21. The summed E-state index contributed by atoms with van der Waals surface area (Å²) in [6.07, 6.45) is 8.19. The fourth-order valence-corrected chi connectivity index (χ4v) is 4.36. The van der Waals surface area contributed by atoms with E-state index in [9.17, 15) is 4.79 Å².